The molecule has 124 valence electrons. The Kier molecular flexibility index (Phi) is 4.61. The molecule has 1 atom stereocenters. The first kappa shape index (κ1) is 17.2. The molecule has 0 saturated carbocycles. The van der Waals surface area contributed by atoms with Crippen molar-refractivity contribution in [3.63, 3.8) is 0 Å². The van der Waals surface area contributed by atoms with Crippen LogP contribution < -0.4 is 5.32 Å². The molecule has 1 heterocycles. The van der Waals surface area contributed by atoms with Crippen molar-refractivity contribution >= 4 is 15.7 Å². The molecule has 1 N–H and O–H groups in total. The van der Waals surface area contributed by atoms with Crippen molar-refractivity contribution in [3.8, 4) is 0 Å². The van der Waals surface area contributed by atoms with E-state index in [1.165, 1.54) is 12.1 Å². The van der Waals surface area contributed by atoms with E-state index in [1.807, 2.05) is 27.8 Å². The zero-order chi connectivity index (χ0) is 17.4. The molecule has 23 heavy (non-hydrogen) atoms. The number of hydrogen-bond acceptors (Lipinski definition) is 4. The molecule has 0 bridgehead atoms. The number of carbonyl (C=O) groups is 1. The summed E-state index contributed by atoms with van der Waals surface area (Å²) >= 11 is 0. The molecule has 0 radical (unpaired) electrons. The summed E-state index contributed by atoms with van der Waals surface area (Å²) in [7, 11) is -1.62. The Morgan fingerprint density at radius 3 is 2.39 bits per heavy atom. The number of nitrogens with one attached hydrogen (secondary N) is 1. The van der Waals surface area contributed by atoms with Gasteiger partial charge in [0.15, 0.2) is 9.84 Å². The van der Waals surface area contributed by atoms with Gasteiger partial charge < -0.3 is 5.32 Å². The summed E-state index contributed by atoms with van der Waals surface area (Å²) in [4.78, 5) is 12.6. The van der Waals surface area contributed by atoms with Gasteiger partial charge in [-0.3, -0.25) is 9.48 Å². The number of nitrogens with zero attached hydrogens (tertiary/aromatic N) is 2. The highest BCUT2D eigenvalue weighted by Crippen LogP contribution is 2.22. The van der Waals surface area contributed by atoms with Crippen molar-refractivity contribution in [2.24, 2.45) is 7.05 Å². The Hall–Kier alpha value is -2.15. The third-order valence-corrected chi connectivity index (χ3v) is 5.03. The first-order valence-corrected chi connectivity index (χ1v) is 9.12. The molecule has 0 aliphatic heterocycles. The summed E-state index contributed by atoms with van der Waals surface area (Å²) in [5, 5.41) is 7.20. The molecule has 0 aliphatic carbocycles. The van der Waals surface area contributed by atoms with Gasteiger partial charge in [-0.25, -0.2) is 8.42 Å². The molecule has 0 saturated heterocycles. The Morgan fingerprint density at radius 1 is 1.26 bits per heavy atom. The van der Waals surface area contributed by atoms with Crippen molar-refractivity contribution in [1.82, 2.24) is 15.1 Å². The van der Waals surface area contributed by atoms with Crippen LogP contribution in [0.2, 0.25) is 0 Å². The van der Waals surface area contributed by atoms with Crippen LogP contribution in [0.3, 0.4) is 0 Å². The molecule has 0 aliphatic rings. The lowest BCUT2D eigenvalue weighted by Gasteiger charge is -2.16. The summed E-state index contributed by atoms with van der Waals surface area (Å²) in [6, 6.07) is 5.93. The van der Waals surface area contributed by atoms with E-state index >= 15 is 0 Å². The van der Waals surface area contributed by atoms with Gasteiger partial charge in [0.1, 0.15) is 0 Å². The fourth-order valence-electron chi connectivity index (χ4n) is 2.74. The SMILES string of the molecule is Cc1nn(C)c(C)c1[C@H](C)NC(=O)c1ccccc1S(C)(=O)=O. The zero-order valence-electron chi connectivity index (χ0n) is 13.9. The Bertz CT molecular complexity index is 853. The molecular formula is C16H21N3O3S. The van der Waals surface area contributed by atoms with Crippen LogP contribution >= 0.6 is 0 Å². The smallest absolute Gasteiger partial charge is 0.253 e. The van der Waals surface area contributed by atoms with E-state index in [1.54, 1.807) is 16.8 Å². The highest BCUT2D eigenvalue weighted by atomic mass is 32.2. The van der Waals surface area contributed by atoms with E-state index in [0.29, 0.717) is 0 Å². The van der Waals surface area contributed by atoms with Crippen molar-refractivity contribution in [3.05, 3.63) is 46.8 Å². The first-order chi connectivity index (χ1) is 10.6. The minimum absolute atomic E-state index is 0.0318. The third kappa shape index (κ3) is 3.44. The summed E-state index contributed by atoms with van der Waals surface area (Å²) in [5.74, 6) is -0.416. The van der Waals surface area contributed by atoms with Crippen LogP contribution in [0.5, 0.6) is 0 Å². The van der Waals surface area contributed by atoms with E-state index < -0.39 is 15.7 Å². The molecule has 0 unspecified atom stereocenters. The van der Waals surface area contributed by atoms with Crippen LogP contribution in [-0.4, -0.2) is 30.4 Å². The number of hydrogen-bond donors (Lipinski definition) is 1. The second kappa shape index (κ2) is 6.16. The molecule has 6 nitrogen and oxygen atoms in total. The molecular weight excluding hydrogens is 314 g/mol. The Labute approximate surface area is 136 Å². The van der Waals surface area contributed by atoms with Gasteiger partial charge in [-0.05, 0) is 32.9 Å². The maximum atomic E-state index is 12.5. The maximum Gasteiger partial charge on any atom is 0.253 e. The highest BCUT2D eigenvalue weighted by molar-refractivity contribution is 7.90. The van der Waals surface area contributed by atoms with E-state index in [2.05, 4.69) is 10.4 Å². The van der Waals surface area contributed by atoms with E-state index in [4.69, 9.17) is 0 Å². The molecule has 2 rings (SSSR count). The molecule has 0 fully saturated rings. The summed E-state index contributed by atoms with van der Waals surface area (Å²) in [6.07, 6.45) is 1.10. The molecule has 1 aromatic carbocycles. The van der Waals surface area contributed by atoms with Gasteiger partial charge >= 0.3 is 0 Å². The molecule has 1 aromatic heterocycles. The quantitative estimate of drug-likeness (QED) is 0.926. The van der Waals surface area contributed by atoms with Crippen LogP contribution in [0.15, 0.2) is 29.2 Å². The first-order valence-electron chi connectivity index (χ1n) is 7.23. The van der Waals surface area contributed by atoms with Gasteiger partial charge in [-0.1, -0.05) is 12.1 Å². The normalized spacial score (nSPS) is 12.9. The number of sulfone groups is 1. The molecule has 1 amide bonds. The van der Waals surface area contributed by atoms with Gasteiger partial charge in [0.05, 0.1) is 22.2 Å². The van der Waals surface area contributed by atoms with E-state index in [9.17, 15) is 13.2 Å². The standard InChI is InChI=1S/C16H21N3O3S/c1-10(15-11(2)18-19(4)12(15)3)17-16(20)13-8-6-7-9-14(13)23(5,21)22/h6-10H,1-5H3,(H,17,20)/t10-/m0/s1. The fourth-order valence-corrected chi connectivity index (χ4v) is 3.63. The lowest BCUT2D eigenvalue weighted by Crippen LogP contribution is -2.28. The topological polar surface area (TPSA) is 81.1 Å². The minimum Gasteiger partial charge on any atom is -0.345 e. The van der Waals surface area contributed by atoms with Crippen molar-refractivity contribution in [2.75, 3.05) is 6.26 Å². The van der Waals surface area contributed by atoms with Gasteiger partial charge in [0.2, 0.25) is 0 Å². The number of rotatable bonds is 4. The molecule has 7 heteroatoms. The zero-order valence-corrected chi connectivity index (χ0v) is 14.7. The van der Waals surface area contributed by atoms with Crippen molar-refractivity contribution in [1.29, 1.82) is 0 Å². The molecule has 2 aromatic rings. The Balaban J connectivity index is 2.33. The van der Waals surface area contributed by atoms with Crippen LogP contribution in [-0.2, 0) is 16.9 Å². The van der Waals surface area contributed by atoms with Crippen LogP contribution in [0, 0.1) is 13.8 Å². The van der Waals surface area contributed by atoms with Crippen molar-refractivity contribution in [2.45, 2.75) is 31.7 Å². The second-order valence-corrected chi connectivity index (χ2v) is 7.66. The average Bonchev–Trinajstić information content (AvgIpc) is 2.71. The van der Waals surface area contributed by atoms with Gasteiger partial charge in [0, 0.05) is 24.6 Å². The highest BCUT2D eigenvalue weighted by Gasteiger charge is 2.22. The van der Waals surface area contributed by atoms with Crippen LogP contribution in [0.1, 0.15) is 40.3 Å². The predicted octanol–water partition coefficient (Wildman–Crippen LogP) is 1.93. The van der Waals surface area contributed by atoms with Gasteiger partial charge in [0.25, 0.3) is 5.91 Å². The van der Waals surface area contributed by atoms with Crippen LogP contribution in [0.25, 0.3) is 0 Å². The number of amides is 1. The number of benzene rings is 1. The summed E-state index contributed by atoms with van der Waals surface area (Å²) in [5.41, 5.74) is 2.90. The number of aryl methyl sites for hydroxylation is 2. The van der Waals surface area contributed by atoms with Crippen LogP contribution in [0.4, 0.5) is 0 Å². The van der Waals surface area contributed by atoms with Gasteiger partial charge in [-0.15, -0.1) is 0 Å². The average molecular weight is 335 g/mol. The maximum absolute atomic E-state index is 12.5. The van der Waals surface area contributed by atoms with Crippen molar-refractivity contribution < 1.29 is 13.2 Å². The number of aromatic nitrogens is 2. The predicted molar refractivity (Wildman–Crippen MR) is 88.1 cm³/mol. The number of carbonyl (C=O) groups excluding carboxylic acids is 1. The lowest BCUT2D eigenvalue weighted by molar-refractivity contribution is 0.0936. The largest absolute Gasteiger partial charge is 0.345 e. The molecule has 0 spiro atoms. The fraction of sp³-hybridized carbons (Fsp3) is 0.375. The summed E-state index contributed by atoms with van der Waals surface area (Å²) < 4.78 is 25.4. The lowest BCUT2D eigenvalue weighted by atomic mass is 10.1. The minimum atomic E-state index is -3.47. The van der Waals surface area contributed by atoms with Gasteiger partial charge in [-0.2, -0.15) is 5.10 Å². The Morgan fingerprint density at radius 2 is 1.87 bits per heavy atom. The third-order valence-electron chi connectivity index (χ3n) is 3.88. The van der Waals surface area contributed by atoms with E-state index in [-0.39, 0.29) is 16.5 Å². The monoisotopic (exact) mass is 335 g/mol. The van der Waals surface area contributed by atoms with E-state index in [0.717, 1.165) is 23.2 Å². The second-order valence-electron chi connectivity index (χ2n) is 5.67. The summed E-state index contributed by atoms with van der Waals surface area (Å²) in [6.45, 7) is 5.68.